The smallest absolute Gasteiger partial charge is 0.221 e. The first-order valence-electron chi connectivity index (χ1n) is 11.2. The standard InChI is InChI=1S/C24H33N5O/c1-18-25-23(16-24(26-18)29-11-3-4-12-29)15-20-9-13-28(14-10-20)17-21-5-7-22(8-6-21)27-19(2)30/h5-8,16,20H,3-4,9-15,17H2,1-2H3,(H,27,30). The summed E-state index contributed by atoms with van der Waals surface area (Å²) in [5.74, 6) is 2.69. The zero-order valence-corrected chi connectivity index (χ0v) is 18.2. The van der Waals surface area contributed by atoms with Gasteiger partial charge in [-0.25, -0.2) is 9.97 Å². The Kier molecular flexibility index (Phi) is 6.62. The van der Waals surface area contributed by atoms with Crippen LogP contribution in [0.5, 0.6) is 0 Å². The molecule has 2 aliphatic rings. The van der Waals surface area contributed by atoms with Gasteiger partial charge in [0.15, 0.2) is 0 Å². The summed E-state index contributed by atoms with van der Waals surface area (Å²) in [7, 11) is 0. The molecular formula is C24H33N5O. The lowest BCUT2D eigenvalue weighted by molar-refractivity contribution is -0.114. The van der Waals surface area contributed by atoms with Gasteiger partial charge in [-0.15, -0.1) is 0 Å². The van der Waals surface area contributed by atoms with Crippen LogP contribution >= 0.6 is 0 Å². The Morgan fingerprint density at radius 3 is 2.43 bits per heavy atom. The Bertz CT molecular complexity index is 852. The Labute approximate surface area is 179 Å². The number of aromatic nitrogens is 2. The van der Waals surface area contributed by atoms with E-state index in [4.69, 9.17) is 4.98 Å². The van der Waals surface area contributed by atoms with Crippen molar-refractivity contribution < 1.29 is 4.79 Å². The molecule has 6 heteroatoms. The van der Waals surface area contributed by atoms with Gasteiger partial charge < -0.3 is 10.2 Å². The zero-order chi connectivity index (χ0) is 20.9. The molecule has 2 fully saturated rings. The van der Waals surface area contributed by atoms with Crippen molar-refractivity contribution in [1.82, 2.24) is 14.9 Å². The fourth-order valence-electron chi connectivity index (χ4n) is 4.62. The first-order chi connectivity index (χ1) is 14.5. The van der Waals surface area contributed by atoms with Crippen LogP contribution in [-0.2, 0) is 17.8 Å². The largest absolute Gasteiger partial charge is 0.357 e. The molecule has 0 aliphatic carbocycles. The molecule has 1 aromatic carbocycles. The van der Waals surface area contributed by atoms with Gasteiger partial charge >= 0.3 is 0 Å². The minimum absolute atomic E-state index is 0.0312. The average molecular weight is 408 g/mol. The van der Waals surface area contributed by atoms with Crippen LogP contribution < -0.4 is 10.2 Å². The molecule has 1 amide bonds. The lowest BCUT2D eigenvalue weighted by atomic mass is 9.91. The van der Waals surface area contributed by atoms with E-state index in [0.717, 1.165) is 56.5 Å². The summed E-state index contributed by atoms with van der Waals surface area (Å²) in [6.07, 6.45) is 6.03. The highest BCUT2D eigenvalue weighted by Gasteiger charge is 2.21. The quantitative estimate of drug-likeness (QED) is 0.789. The first kappa shape index (κ1) is 20.8. The average Bonchev–Trinajstić information content (AvgIpc) is 3.25. The lowest BCUT2D eigenvalue weighted by Gasteiger charge is -2.32. The fourth-order valence-corrected chi connectivity index (χ4v) is 4.62. The predicted molar refractivity (Wildman–Crippen MR) is 121 cm³/mol. The number of nitrogens with zero attached hydrogens (tertiary/aromatic N) is 4. The molecule has 2 aromatic rings. The third kappa shape index (κ3) is 5.57. The highest BCUT2D eigenvalue weighted by Crippen LogP contribution is 2.25. The van der Waals surface area contributed by atoms with E-state index in [0.29, 0.717) is 5.92 Å². The van der Waals surface area contributed by atoms with Gasteiger partial charge in [-0.1, -0.05) is 12.1 Å². The summed E-state index contributed by atoms with van der Waals surface area (Å²) >= 11 is 0. The maximum atomic E-state index is 11.2. The van der Waals surface area contributed by atoms with Crippen molar-refractivity contribution in [3.63, 3.8) is 0 Å². The molecule has 1 N–H and O–H groups in total. The van der Waals surface area contributed by atoms with Crippen molar-refractivity contribution >= 4 is 17.4 Å². The minimum Gasteiger partial charge on any atom is -0.357 e. The number of carbonyl (C=O) groups is 1. The number of piperidine rings is 1. The minimum atomic E-state index is -0.0312. The van der Waals surface area contributed by atoms with Gasteiger partial charge in [0.05, 0.1) is 0 Å². The molecule has 2 aliphatic heterocycles. The van der Waals surface area contributed by atoms with E-state index in [-0.39, 0.29) is 5.91 Å². The third-order valence-corrected chi connectivity index (χ3v) is 6.19. The molecule has 3 heterocycles. The Morgan fingerprint density at radius 1 is 1.07 bits per heavy atom. The Hall–Kier alpha value is -2.47. The number of hydrogen-bond acceptors (Lipinski definition) is 5. The van der Waals surface area contributed by atoms with Gasteiger partial charge in [-0.05, 0) is 75.7 Å². The number of aryl methyl sites for hydroxylation is 1. The van der Waals surface area contributed by atoms with Gasteiger partial charge in [0.2, 0.25) is 5.91 Å². The number of anilines is 2. The third-order valence-electron chi connectivity index (χ3n) is 6.19. The molecule has 0 radical (unpaired) electrons. The van der Waals surface area contributed by atoms with Crippen molar-refractivity contribution in [3.05, 3.63) is 47.4 Å². The summed E-state index contributed by atoms with van der Waals surface area (Å²) in [6, 6.07) is 10.4. The van der Waals surface area contributed by atoms with Crippen LogP contribution in [0.25, 0.3) is 0 Å². The molecule has 0 unspecified atom stereocenters. The molecular weight excluding hydrogens is 374 g/mol. The number of amides is 1. The second-order valence-electron chi connectivity index (χ2n) is 8.76. The van der Waals surface area contributed by atoms with Crippen molar-refractivity contribution in [2.24, 2.45) is 5.92 Å². The van der Waals surface area contributed by atoms with Crippen LogP contribution in [0.1, 0.15) is 49.7 Å². The van der Waals surface area contributed by atoms with E-state index < -0.39 is 0 Å². The molecule has 30 heavy (non-hydrogen) atoms. The molecule has 1 aromatic heterocycles. The van der Waals surface area contributed by atoms with Gasteiger partial charge in [0, 0.05) is 44.0 Å². The van der Waals surface area contributed by atoms with Crippen molar-refractivity contribution in [3.8, 4) is 0 Å². The van der Waals surface area contributed by atoms with E-state index in [2.05, 4.69) is 38.3 Å². The number of benzene rings is 1. The van der Waals surface area contributed by atoms with E-state index in [1.54, 1.807) is 0 Å². The van der Waals surface area contributed by atoms with E-state index >= 15 is 0 Å². The molecule has 6 nitrogen and oxygen atoms in total. The zero-order valence-electron chi connectivity index (χ0n) is 18.2. The lowest BCUT2D eigenvalue weighted by Crippen LogP contribution is -2.34. The highest BCUT2D eigenvalue weighted by atomic mass is 16.1. The summed E-state index contributed by atoms with van der Waals surface area (Å²) in [5.41, 5.74) is 3.36. The van der Waals surface area contributed by atoms with E-state index in [1.165, 1.54) is 43.9 Å². The van der Waals surface area contributed by atoms with Gasteiger partial charge in [-0.3, -0.25) is 9.69 Å². The number of nitrogens with one attached hydrogen (secondary N) is 1. The molecule has 4 rings (SSSR count). The maximum Gasteiger partial charge on any atom is 0.221 e. The first-order valence-corrected chi connectivity index (χ1v) is 11.2. The molecule has 160 valence electrons. The molecule has 0 saturated carbocycles. The van der Waals surface area contributed by atoms with Crippen LogP contribution in [0, 0.1) is 12.8 Å². The van der Waals surface area contributed by atoms with Crippen molar-refractivity contribution in [2.45, 2.75) is 52.5 Å². The summed E-state index contributed by atoms with van der Waals surface area (Å²) in [6.45, 7) is 9.03. The van der Waals surface area contributed by atoms with Crippen LogP contribution in [0.3, 0.4) is 0 Å². The van der Waals surface area contributed by atoms with Crippen molar-refractivity contribution in [2.75, 3.05) is 36.4 Å². The number of rotatable bonds is 6. The second kappa shape index (κ2) is 9.56. The summed E-state index contributed by atoms with van der Waals surface area (Å²) < 4.78 is 0. The number of likely N-dealkylation sites (tertiary alicyclic amines) is 1. The van der Waals surface area contributed by atoms with Gasteiger partial charge in [0.25, 0.3) is 0 Å². The van der Waals surface area contributed by atoms with Crippen LogP contribution in [0.2, 0.25) is 0 Å². The van der Waals surface area contributed by atoms with Crippen LogP contribution in [0.4, 0.5) is 11.5 Å². The van der Waals surface area contributed by atoms with Crippen LogP contribution in [-0.4, -0.2) is 47.0 Å². The second-order valence-corrected chi connectivity index (χ2v) is 8.76. The summed E-state index contributed by atoms with van der Waals surface area (Å²) in [4.78, 5) is 25.5. The highest BCUT2D eigenvalue weighted by molar-refractivity contribution is 5.88. The molecule has 0 spiro atoms. The maximum absolute atomic E-state index is 11.2. The van der Waals surface area contributed by atoms with Gasteiger partial charge in [-0.2, -0.15) is 0 Å². The van der Waals surface area contributed by atoms with Crippen LogP contribution in [0.15, 0.2) is 30.3 Å². The fraction of sp³-hybridized carbons (Fsp3) is 0.542. The Morgan fingerprint density at radius 2 is 1.77 bits per heavy atom. The number of hydrogen-bond donors (Lipinski definition) is 1. The molecule has 0 atom stereocenters. The van der Waals surface area contributed by atoms with Crippen molar-refractivity contribution in [1.29, 1.82) is 0 Å². The monoisotopic (exact) mass is 407 g/mol. The SMILES string of the molecule is CC(=O)Nc1ccc(CN2CCC(Cc3cc(N4CCCC4)nc(C)n3)CC2)cc1. The number of carbonyl (C=O) groups excluding carboxylic acids is 1. The molecule has 0 bridgehead atoms. The Balaban J connectivity index is 1.28. The van der Waals surface area contributed by atoms with E-state index in [9.17, 15) is 4.79 Å². The predicted octanol–water partition coefficient (Wildman–Crippen LogP) is 3.80. The van der Waals surface area contributed by atoms with E-state index in [1.807, 2.05) is 19.1 Å². The van der Waals surface area contributed by atoms with Gasteiger partial charge in [0.1, 0.15) is 11.6 Å². The topological polar surface area (TPSA) is 61.4 Å². The molecule has 2 saturated heterocycles. The summed E-state index contributed by atoms with van der Waals surface area (Å²) in [5, 5.41) is 2.82. The normalized spacial score (nSPS) is 18.0.